The Hall–Kier alpha value is -2.19. The van der Waals surface area contributed by atoms with E-state index in [1.54, 1.807) is 7.05 Å². The summed E-state index contributed by atoms with van der Waals surface area (Å²) in [6, 6.07) is 9.83. The summed E-state index contributed by atoms with van der Waals surface area (Å²) in [7, 11) is 1.56. The number of thioether (sulfide) groups is 1. The van der Waals surface area contributed by atoms with Gasteiger partial charge in [0, 0.05) is 10.9 Å². The van der Waals surface area contributed by atoms with Gasteiger partial charge in [-0.1, -0.05) is 46.8 Å². The van der Waals surface area contributed by atoms with Crippen LogP contribution in [0.1, 0.15) is 10.5 Å². The second kappa shape index (κ2) is 6.29. The molecule has 0 aliphatic heterocycles. The van der Waals surface area contributed by atoms with Crippen molar-refractivity contribution >= 4 is 28.9 Å². The highest BCUT2D eigenvalue weighted by Crippen LogP contribution is 2.28. The molecule has 22 heavy (non-hydrogen) atoms. The van der Waals surface area contributed by atoms with Crippen LogP contribution in [0.5, 0.6) is 0 Å². The number of carbonyl (C=O) groups is 1. The molecule has 2 heterocycles. The largest absolute Gasteiger partial charge is 0.438 e. The summed E-state index contributed by atoms with van der Waals surface area (Å²) in [5.74, 6) is -0.156. The summed E-state index contributed by atoms with van der Waals surface area (Å²) in [6.07, 6.45) is 0. The Morgan fingerprint density at radius 2 is 2.18 bits per heavy atom. The van der Waals surface area contributed by atoms with Gasteiger partial charge in [-0.05, 0) is 5.27 Å². The Kier molecular flexibility index (Phi) is 4.21. The van der Waals surface area contributed by atoms with Crippen LogP contribution in [0.2, 0.25) is 0 Å². The van der Waals surface area contributed by atoms with E-state index in [1.807, 2.05) is 35.7 Å². The molecule has 0 amide bonds. The summed E-state index contributed by atoms with van der Waals surface area (Å²) >= 11 is 2.79. The third-order valence-electron chi connectivity index (χ3n) is 2.95. The Morgan fingerprint density at radius 1 is 1.41 bits per heavy atom. The van der Waals surface area contributed by atoms with Crippen molar-refractivity contribution < 1.29 is 14.0 Å². The number of benzene rings is 1. The van der Waals surface area contributed by atoms with Crippen molar-refractivity contribution in [3.63, 3.8) is 0 Å². The summed E-state index contributed by atoms with van der Waals surface area (Å²) in [6.45, 7) is 0. The molecule has 2 aromatic heterocycles. The topological polar surface area (TPSA) is 79.8 Å². The Labute approximate surface area is 133 Å². The number of Topliss-reactive ketones (excluding diaryl/α,β-unsaturated/α-hetero) is 1. The number of carbonyl (C=O) groups excluding carboxylic acids is 1. The van der Waals surface area contributed by atoms with Crippen LogP contribution in [0.3, 0.4) is 0 Å². The van der Waals surface area contributed by atoms with Gasteiger partial charge in [0.15, 0.2) is 11.4 Å². The molecule has 0 atom stereocenters. The highest BCUT2D eigenvalue weighted by molar-refractivity contribution is 8.01. The zero-order valence-corrected chi connectivity index (χ0v) is 13.2. The van der Waals surface area contributed by atoms with Crippen molar-refractivity contribution in [2.45, 2.75) is 4.34 Å². The highest BCUT2D eigenvalue weighted by Gasteiger charge is 2.26. The average molecular weight is 334 g/mol. The van der Waals surface area contributed by atoms with Gasteiger partial charge < -0.3 is 0 Å². The molecule has 0 aliphatic carbocycles. The first-order valence-corrected chi connectivity index (χ1v) is 8.26. The fourth-order valence-electron chi connectivity index (χ4n) is 1.90. The molecule has 0 spiro atoms. The standard InChI is InChI=1S/C14H11N3O3S2/c1-17-12(13(19)20-16-17)11(18)8-22-14-15-10(7-21-14)9-5-3-2-4-6-9/h2-7H,8H2,1H3/p+1. The van der Waals surface area contributed by atoms with E-state index in [0.29, 0.717) is 0 Å². The smallest absolute Gasteiger partial charge is 0.286 e. The lowest BCUT2D eigenvalue weighted by Gasteiger charge is -1.95. The number of nitrogens with zero attached hydrogens (tertiary/aromatic N) is 2. The molecule has 0 saturated heterocycles. The SMILES string of the molecule is C[n+]1[nH]oc(=O)c1C(=O)CSc1nc(-c2ccccc2)cs1. The number of aromatic nitrogens is 3. The Bertz CT molecular complexity index is 852. The fourth-order valence-corrected chi connectivity index (χ4v) is 3.60. The first-order chi connectivity index (χ1) is 10.6. The molecule has 0 saturated carbocycles. The van der Waals surface area contributed by atoms with Gasteiger partial charge >= 0.3 is 11.3 Å². The second-order valence-corrected chi connectivity index (χ2v) is 6.55. The van der Waals surface area contributed by atoms with Crippen molar-refractivity contribution in [1.29, 1.82) is 0 Å². The summed E-state index contributed by atoms with van der Waals surface area (Å²) < 4.78 is 6.64. The fraction of sp³-hybridized carbons (Fsp3) is 0.143. The van der Waals surface area contributed by atoms with Gasteiger partial charge in [0.25, 0.3) is 0 Å². The quantitative estimate of drug-likeness (QED) is 0.438. The highest BCUT2D eigenvalue weighted by atomic mass is 32.2. The number of aromatic amines is 1. The molecule has 0 unspecified atom stereocenters. The maximum absolute atomic E-state index is 12.1. The van der Waals surface area contributed by atoms with Crippen LogP contribution in [-0.2, 0) is 7.05 Å². The molecular formula is C14H12N3O3S2+. The van der Waals surface area contributed by atoms with Crippen molar-refractivity contribution in [3.8, 4) is 11.3 Å². The molecule has 0 fully saturated rings. The van der Waals surface area contributed by atoms with Crippen molar-refractivity contribution in [3.05, 3.63) is 51.8 Å². The van der Waals surface area contributed by atoms with Gasteiger partial charge in [-0.25, -0.2) is 9.78 Å². The average Bonchev–Trinajstić information content (AvgIpc) is 3.13. The molecular weight excluding hydrogens is 322 g/mol. The molecule has 0 bridgehead atoms. The van der Waals surface area contributed by atoms with Crippen molar-refractivity contribution in [2.24, 2.45) is 7.05 Å². The third kappa shape index (κ3) is 3.02. The van der Waals surface area contributed by atoms with Crippen LogP contribution in [0.25, 0.3) is 11.3 Å². The van der Waals surface area contributed by atoms with E-state index in [2.05, 4.69) is 14.8 Å². The van der Waals surface area contributed by atoms with Gasteiger partial charge in [0.2, 0.25) is 5.78 Å². The lowest BCUT2D eigenvalue weighted by molar-refractivity contribution is -0.741. The predicted octanol–water partition coefficient (Wildman–Crippen LogP) is 1.89. The predicted molar refractivity (Wildman–Crippen MR) is 83.1 cm³/mol. The van der Waals surface area contributed by atoms with Crippen LogP contribution in [0, 0.1) is 0 Å². The minimum atomic E-state index is -0.655. The Balaban J connectivity index is 1.69. The maximum Gasteiger partial charge on any atom is 0.438 e. The second-order valence-electron chi connectivity index (χ2n) is 4.46. The number of aryl methyl sites for hydroxylation is 1. The molecule has 1 aromatic carbocycles. The first-order valence-electron chi connectivity index (χ1n) is 6.39. The molecule has 112 valence electrons. The molecule has 0 radical (unpaired) electrons. The zero-order chi connectivity index (χ0) is 15.5. The van der Waals surface area contributed by atoms with E-state index in [1.165, 1.54) is 27.8 Å². The summed E-state index contributed by atoms with van der Waals surface area (Å²) in [5, 5.41) is 4.28. The third-order valence-corrected chi connectivity index (χ3v) is 4.97. The molecule has 8 heteroatoms. The maximum atomic E-state index is 12.1. The lowest BCUT2D eigenvalue weighted by Crippen LogP contribution is -2.39. The minimum absolute atomic E-state index is 0.00680. The van der Waals surface area contributed by atoms with Gasteiger partial charge in [-0.3, -0.25) is 9.32 Å². The molecule has 0 aliphatic rings. The van der Waals surface area contributed by atoms with Crippen molar-refractivity contribution in [2.75, 3.05) is 5.75 Å². The number of rotatable bonds is 5. The minimum Gasteiger partial charge on any atom is -0.286 e. The van der Waals surface area contributed by atoms with E-state index < -0.39 is 5.63 Å². The zero-order valence-electron chi connectivity index (χ0n) is 11.6. The number of hydrogen-bond donors (Lipinski definition) is 1. The van der Waals surface area contributed by atoms with E-state index in [-0.39, 0.29) is 17.2 Å². The lowest BCUT2D eigenvalue weighted by atomic mass is 10.2. The van der Waals surface area contributed by atoms with Crippen molar-refractivity contribution in [1.82, 2.24) is 10.3 Å². The van der Waals surface area contributed by atoms with Crippen LogP contribution >= 0.6 is 23.1 Å². The summed E-state index contributed by atoms with van der Waals surface area (Å²) in [5.41, 5.74) is 1.27. The number of H-pyrrole nitrogens is 1. The van der Waals surface area contributed by atoms with Gasteiger partial charge in [0.05, 0.1) is 11.4 Å². The van der Waals surface area contributed by atoms with E-state index in [9.17, 15) is 9.59 Å². The van der Waals surface area contributed by atoms with Crippen LogP contribution in [-0.4, -0.2) is 21.8 Å². The van der Waals surface area contributed by atoms with E-state index >= 15 is 0 Å². The van der Waals surface area contributed by atoms with Gasteiger partial charge in [0.1, 0.15) is 0 Å². The Morgan fingerprint density at radius 3 is 2.86 bits per heavy atom. The van der Waals surface area contributed by atoms with Crippen LogP contribution in [0.4, 0.5) is 0 Å². The molecule has 6 nitrogen and oxygen atoms in total. The summed E-state index contributed by atoms with van der Waals surface area (Å²) in [4.78, 5) is 28.0. The molecule has 1 N–H and O–H groups in total. The van der Waals surface area contributed by atoms with E-state index in [4.69, 9.17) is 0 Å². The van der Waals surface area contributed by atoms with Gasteiger partial charge in [-0.15, -0.1) is 11.3 Å². The molecule has 3 aromatic rings. The van der Waals surface area contributed by atoms with Gasteiger partial charge in [-0.2, -0.15) is 0 Å². The number of ketones is 1. The van der Waals surface area contributed by atoms with E-state index in [0.717, 1.165) is 15.6 Å². The molecule has 3 rings (SSSR count). The number of nitrogens with one attached hydrogen (secondary N) is 1. The first kappa shape index (κ1) is 14.7. The number of thiazole rings is 1. The van der Waals surface area contributed by atoms with Crippen LogP contribution in [0.15, 0.2) is 49.4 Å². The normalized spacial score (nSPS) is 10.8. The van der Waals surface area contributed by atoms with Crippen LogP contribution < -0.4 is 10.3 Å². The number of hydrogen-bond acceptors (Lipinski definition) is 6. The monoisotopic (exact) mass is 334 g/mol.